The van der Waals surface area contributed by atoms with E-state index in [2.05, 4.69) is 10.6 Å². The molecule has 0 spiro atoms. The molecule has 130 valence electrons. The summed E-state index contributed by atoms with van der Waals surface area (Å²) >= 11 is 0. The zero-order chi connectivity index (χ0) is 18.0. The molecule has 2 aromatic carbocycles. The fraction of sp³-hybridized carbons (Fsp3) is 0.263. The summed E-state index contributed by atoms with van der Waals surface area (Å²) in [7, 11) is 0. The van der Waals surface area contributed by atoms with Crippen LogP contribution in [0, 0.1) is 19.7 Å². The van der Waals surface area contributed by atoms with Crippen LogP contribution in [0.15, 0.2) is 36.4 Å². The summed E-state index contributed by atoms with van der Waals surface area (Å²) in [5.41, 5.74) is 3.03. The van der Waals surface area contributed by atoms with Crippen molar-refractivity contribution in [3.8, 4) is 5.75 Å². The largest absolute Gasteiger partial charge is 0.478 e. The second-order valence-electron chi connectivity index (χ2n) is 6.10. The molecule has 2 aromatic rings. The number of hydrogen-bond acceptors (Lipinski definition) is 3. The summed E-state index contributed by atoms with van der Waals surface area (Å²) in [6.07, 6.45) is -0.846. The van der Waals surface area contributed by atoms with Gasteiger partial charge in [-0.2, -0.15) is 0 Å². The quantitative estimate of drug-likeness (QED) is 0.899. The van der Waals surface area contributed by atoms with Crippen LogP contribution < -0.4 is 15.4 Å². The van der Waals surface area contributed by atoms with Crippen molar-refractivity contribution < 1.29 is 18.7 Å². The Morgan fingerprint density at radius 1 is 1.28 bits per heavy atom. The molecule has 3 rings (SSSR count). The van der Waals surface area contributed by atoms with Gasteiger partial charge in [-0.1, -0.05) is 12.1 Å². The minimum atomic E-state index is -0.846. The topological polar surface area (TPSA) is 67.4 Å². The number of halogens is 1. The van der Waals surface area contributed by atoms with Crippen molar-refractivity contribution in [2.24, 2.45) is 0 Å². The zero-order valence-electron chi connectivity index (χ0n) is 14.1. The van der Waals surface area contributed by atoms with Crippen LogP contribution in [-0.4, -0.2) is 24.5 Å². The van der Waals surface area contributed by atoms with Crippen LogP contribution in [0.1, 0.15) is 27.0 Å². The molecule has 1 heterocycles. The highest BCUT2D eigenvalue weighted by Crippen LogP contribution is 2.26. The van der Waals surface area contributed by atoms with E-state index in [0.29, 0.717) is 16.9 Å². The minimum Gasteiger partial charge on any atom is -0.478 e. The summed E-state index contributed by atoms with van der Waals surface area (Å²) in [5.74, 6) is -0.595. The van der Waals surface area contributed by atoms with Gasteiger partial charge in [-0.15, -0.1) is 0 Å². The Labute approximate surface area is 145 Å². The maximum atomic E-state index is 13.2. The first-order chi connectivity index (χ1) is 11.9. The summed E-state index contributed by atoms with van der Waals surface area (Å²) in [4.78, 5) is 24.6. The molecule has 0 radical (unpaired) electrons. The smallest absolute Gasteiger partial charge is 0.263 e. The molecular formula is C19H19FN2O3. The van der Waals surface area contributed by atoms with Gasteiger partial charge in [0.2, 0.25) is 0 Å². The molecule has 1 aliphatic heterocycles. The van der Waals surface area contributed by atoms with E-state index in [0.717, 1.165) is 11.1 Å². The van der Waals surface area contributed by atoms with Gasteiger partial charge < -0.3 is 15.4 Å². The standard InChI is InChI=1S/C19H19FN2O3/c1-11-6-15-16(7-12(11)2)25-17(10-22-18(15)23)19(24)21-9-13-4-3-5-14(20)8-13/h3-8,17H,9-10H2,1-2H3,(H,21,24)(H,22,23). The van der Waals surface area contributed by atoms with E-state index in [9.17, 15) is 14.0 Å². The Morgan fingerprint density at radius 3 is 2.80 bits per heavy atom. The van der Waals surface area contributed by atoms with E-state index in [1.54, 1.807) is 24.3 Å². The molecule has 1 aliphatic rings. The Balaban J connectivity index is 1.73. The van der Waals surface area contributed by atoms with Crippen molar-refractivity contribution in [3.05, 3.63) is 64.5 Å². The van der Waals surface area contributed by atoms with E-state index >= 15 is 0 Å². The van der Waals surface area contributed by atoms with Crippen molar-refractivity contribution in [1.82, 2.24) is 10.6 Å². The van der Waals surface area contributed by atoms with Crippen LogP contribution >= 0.6 is 0 Å². The lowest BCUT2D eigenvalue weighted by Gasteiger charge is -2.17. The van der Waals surface area contributed by atoms with Crippen molar-refractivity contribution in [2.75, 3.05) is 6.54 Å². The number of ether oxygens (including phenoxy) is 1. The van der Waals surface area contributed by atoms with Crippen molar-refractivity contribution in [3.63, 3.8) is 0 Å². The fourth-order valence-electron chi connectivity index (χ4n) is 2.64. The molecule has 25 heavy (non-hydrogen) atoms. The van der Waals surface area contributed by atoms with Gasteiger partial charge >= 0.3 is 0 Å². The maximum Gasteiger partial charge on any atom is 0.263 e. The van der Waals surface area contributed by atoms with Crippen LogP contribution in [0.4, 0.5) is 4.39 Å². The summed E-state index contributed by atoms with van der Waals surface area (Å²) in [5, 5.41) is 5.41. The van der Waals surface area contributed by atoms with Gasteiger partial charge in [0.05, 0.1) is 12.1 Å². The molecule has 0 aliphatic carbocycles. The van der Waals surface area contributed by atoms with Gasteiger partial charge in [0.15, 0.2) is 6.10 Å². The van der Waals surface area contributed by atoms with E-state index in [4.69, 9.17) is 4.74 Å². The number of rotatable bonds is 3. The van der Waals surface area contributed by atoms with Gasteiger partial charge in [-0.3, -0.25) is 9.59 Å². The molecule has 6 heteroatoms. The second-order valence-corrected chi connectivity index (χ2v) is 6.10. The van der Waals surface area contributed by atoms with E-state index in [1.165, 1.54) is 12.1 Å². The number of aryl methyl sites for hydroxylation is 2. The zero-order valence-corrected chi connectivity index (χ0v) is 14.1. The van der Waals surface area contributed by atoms with Crippen LogP contribution in [0.3, 0.4) is 0 Å². The highest BCUT2D eigenvalue weighted by atomic mass is 19.1. The maximum absolute atomic E-state index is 13.2. The molecule has 5 nitrogen and oxygen atoms in total. The Bertz CT molecular complexity index is 835. The first-order valence-corrected chi connectivity index (χ1v) is 8.02. The second kappa shape index (κ2) is 6.93. The molecular weight excluding hydrogens is 323 g/mol. The molecule has 1 atom stereocenters. The number of carbonyl (C=O) groups excluding carboxylic acids is 2. The van der Waals surface area contributed by atoms with Crippen LogP contribution in [0.25, 0.3) is 0 Å². The average Bonchev–Trinajstić information content (AvgIpc) is 2.73. The third-order valence-corrected chi connectivity index (χ3v) is 4.21. The number of nitrogens with one attached hydrogen (secondary N) is 2. The predicted molar refractivity (Wildman–Crippen MR) is 90.9 cm³/mol. The van der Waals surface area contributed by atoms with E-state index in [-0.39, 0.29) is 30.7 Å². The lowest BCUT2D eigenvalue weighted by Crippen LogP contribution is -2.44. The van der Waals surface area contributed by atoms with Gasteiger partial charge in [-0.05, 0) is 54.8 Å². The molecule has 0 bridgehead atoms. The average molecular weight is 342 g/mol. The van der Waals surface area contributed by atoms with Crippen molar-refractivity contribution in [2.45, 2.75) is 26.5 Å². The predicted octanol–water partition coefficient (Wildman–Crippen LogP) is 2.25. The van der Waals surface area contributed by atoms with Gasteiger partial charge in [0, 0.05) is 6.54 Å². The van der Waals surface area contributed by atoms with Crippen LogP contribution in [-0.2, 0) is 11.3 Å². The summed E-state index contributed by atoms with van der Waals surface area (Å²) in [6, 6.07) is 9.53. The lowest BCUT2D eigenvalue weighted by molar-refractivity contribution is -0.127. The van der Waals surface area contributed by atoms with Gasteiger partial charge in [-0.25, -0.2) is 4.39 Å². The first kappa shape index (κ1) is 17.0. The van der Waals surface area contributed by atoms with Crippen molar-refractivity contribution in [1.29, 1.82) is 0 Å². The molecule has 0 aromatic heterocycles. The first-order valence-electron chi connectivity index (χ1n) is 8.02. The highest BCUT2D eigenvalue weighted by molar-refractivity contribution is 5.98. The molecule has 0 fully saturated rings. The summed E-state index contributed by atoms with van der Waals surface area (Å²) in [6.45, 7) is 4.09. The number of fused-ring (bicyclic) bond motifs is 1. The highest BCUT2D eigenvalue weighted by Gasteiger charge is 2.28. The van der Waals surface area contributed by atoms with Crippen LogP contribution in [0.2, 0.25) is 0 Å². The number of hydrogen-bond donors (Lipinski definition) is 2. The molecule has 0 saturated carbocycles. The normalized spacial score (nSPS) is 16.3. The Morgan fingerprint density at radius 2 is 2.04 bits per heavy atom. The Hall–Kier alpha value is -2.89. The monoisotopic (exact) mass is 342 g/mol. The third-order valence-electron chi connectivity index (χ3n) is 4.21. The number of amides is 2. The van der Waals surface area contributed by atoms with Crippen molar-refractivity contribution >= 4 is 11.8 Å². The SMILES string of the molecule is Cc1cc2c(cc1C)C(=O)NCC(C(=O)NCc1cccc(F)c1)O2. The Kier molecular flexibility index (Phi) is 4.70. The van der Waals surface area contributed by atoms with Crippen LogP contribution in [0.5, 0.6) is 5.75 Å². The summed E-state index contributed by atoms with van der Waals surface area (Å²) < 4.78 is 19.0. The molecule has 2 amide bonds. The number of carbonyl (C=O) groups is 2. The van der Waals surface area contributed by atoms with Gasteiger partial charge in [0.1, 0.15) is 11.6 Å². The molecule has 1 unspecified atom stereocenters. The fourth-order valence-corrected chi connectivity index (χ4v) is 2.64. The van der Waals surface area contributed by atoms with E-state index in [1.807, 2.05) is 13.8 Å². The number of benzene rings is 2. The van der Waals surface area contributed by atoms with Gasteiger partial charge in [0.25, 0.3) is 11.8 Å². The molecule has 0 saturated heterocycles. The van der Waals surface area contributed by atoms with E-state index < -0.39 is 6.10 Å². The minimum absolute atomic E-state index is 0.0700. The molecule has 2 N–H and O–H groups in total. The lowest BCUT2D eigenvalue weighted by atomic mass is 10.0. The third kappa shape index (κ3) is 3.79.